The number of rotatable bonds is 4. The maximum Gasteiger partial charge on any atom is 0.165 e. The minimum Gasteiger partial charge on any atom is -0.507 e. The zero-order valence-corrected chi connectivity index (χ0v) is 16.4. The Labute approximate surface area is 166 Å². The Morgan fingerprint density at radius 1 is 1.14 bits per heavy atom. The lowest BCUT2D eigenvalue weighted by Gasteiger charge is -2.41. The molecule has 0 saturated carbocycles. The number of benzene rings is 1. The summed E-state index contributed by atoms with van der Waals surface area (Å²) in [4.78, 5) is 13.8. The van der Waals surface area contributed by atoms with Crippen LogP contribution in [0.1, 0.15) is 18.5 Å². The number of aliphatic hydroxyl groups is 1. The number of hydrogen-bond donors (Lipinski definition) is 3. The van der Waals surface area contributed by atoms with Gasteiger partial charge in [0.05, 0.1) is 11.2 Å². The molecule has 150 valence electrons. The van der Waals surface area contributed by atoms with Crippen LogP contribution in [0.3, 0.4) is 0 Å². The van der Waals surface area contributed by atoms with E-state index in [1.165, 1.54) is 0 Å². The lowest BCUT2D eigenvalue weighted by Crippen LogP contribution is -2.56. The highest BCUT2D eigenvalue weighted by Crippen LogP contribution is 2.28. The topological polar surface area (TPSA) is 84.8 Å². The Bertz CT molecular complexity index is 814. The number of piperidine rings is 1. The van der Waals surface area contributed by atoms with Crippen molar-refractivity contribution in [1.82, 2.24) is 20.2 Å². The largest absolute Gasteiger partial charge is 0.507 e. The third-order valence-electron chi connectivity index (χ3n) is 5.65. The fourth-order valence-electron chi connectivity index (χ4n) is 4.14. The van der Waals surface area contributed by atoms with Crippen molar-refractivity contribution in [2.24, 2.45) is 0 Å². The van der Waals surface area contributed by atoms with Crippen molar-refractivity contribution in [3.05, 3.63) is 36.0 Å². The van der Waals surface area contributed by atoms with E-state index < -0.39 is 5.60 Å². The number of piperazine rings is 1. The molecular weight excluding hydrogens is 354 g/mol. The molecule has 0 unspecified atom stereocenters. The third kappa shape index (κ3) is 4.27. The van der Waals surface area contributed by atoms with Gasteiger partial charge in [-0.15, -0.1) is 0 Å². The molecule has 7 heteroatoms. The summed E-state index contributed by atoms with van der Waals surface area (Å²) in [6.45, 7) is 7.88. The number of hydrogen-bond acceptors (Lipinski definition) is 7. The summed E-state index contributed by atoms with van der Waals surface area (Å²) in [7, 11) is 0. The number of phenols is 1. The zero-order valence-electron chi connectivity index (χ0n) is 16.4. The average Bonchev–Trinajstić information content (AvgIpc) is 2.69. The van der Waals surface area contributed by atoms with Crippen LogP contribution in [0.2, 0.25) is 0 Å². The fraction of sp³-hybridized carbons (Fsp3) is 0.524. The second kappa shape index (κ2) is 8.03. The van der Waals surface area contributed by atoms with E-state index in [0.717, 1.165) is 63.6 Å². The lowest BCUT2D eigenvalue weighted by molar-refractivity contribution is -0.0164. The quantitative estimate of drug-likeness (QED) is 0.736. The summed E-state index contributed by atoms with van der Waals surface area (Å²) in [5, 5.41) is 24.2. The number of aromatic nitrogens is 2. The van der Waals surface area contributed by atoms with Gasteiger partial charge in [0.25, 0.3) is 0 Å². The third-order valence-corrected chi connectivity index (χ3v) is 5.65. The number of phenolic OH excluding ortho intramolecular Hbond substituents is 1. The molecule has 0 aliphatic carbocycles. The SMILES string of the molecule is Cc1cc(N2CCN(C[C@@]3(O)CCCNC3)CC2)nc(-c2ccccc2O)n1. The molecule has 1 aromatic heterocycles. The number of anilines is 1. The molecule has 4 rings (SSSR count). The van der Waals surface area contributed by atoms with Crippen molar-refractivity contribution in [2.45, 2.75) is 25.4 Å². The number of β-amino-alcohol motifs (C(OH)–C–C–N with tert-alkyl or cyclic N) is 1. The molecule has 28 heavy (non-hydrogen) atoms. The summed E-state index contributed by atoms with van der Waals surface area (Å²) in [6, 6.07) is 9.17. The monoisotopic (exact) mass is 383 g/mol. The van der Waals surface area contributed by atoms with Gasteiger partial charge in [-0.1, -0.05) is 12.1 Å². The van der Waals surface area contributed by atoms with Gasteiger partial charge in [-0.2, -0.15) is 0 Å². The minimum absolute atomic E-state index is 0.193. The molecule has 2 aliphatic heterocycles. The van der Waals surface area contributed by atoms with Gasteiger partial charge in [0.15, 0.2) is 5.82 Å². The molecule has 3 heterocycles. The first-order chi connectivity index (χ1) is 13.5. The molecule has 0 amide bonds. The maximum absolute atomic E-state index is 10.8. The zero-order chi connectivity index (χ0) is 19.6. The van der Waals surface area contributed by atoms with Gasteiger partial charge < -0.3 is 20.4 Å². The van der Waals surface area contributed by atoms with Gasteiger partial charge in [-0.05, 0) is 38.4 Å². The van der Waals surface area contributed by atoms with Gasteiger partial charge in [0.2, 0.25) is 0 Å². The van der Waals surface area contributed by atoms with Gasteiger partial charge in [-0.25, -0.2) is 9.97 Å². The Morgan fingerprint density at radius 3 is 2.64 bits per heavy atom. The van der Waals surface area contributed by atoms with E-state index in [1.54, 1.807) is 12.1 Å². The molecule has 0 bridgehead atoms. The van der Waals surface area contributed by atoms with Crippen molar-refractivity contribution in [3.63, 3.8) is 0 Å². The van der Waals surface area contributed by atoms with E-state index >= 15 is 0 Å². The van der Waals surface area contributed by atoms with Crippen LogP contribution in [-0.4, -0.2) is 76.5 Å². The highest BCUT2D eigenvalue weighted by atomic mass is 16.3. The molecule has 0 radical (unpaired) electrons. The van der Waals surface area contributed by atoms with Crippen molar-refractivity contribution in [1.29, 1.82) is 0 Å². The van der Waals surface area contributed by atoms with Crippen molar-refractivity contribution < 1.29 is 10.2 Å². The second-order valence-electron chi connectivity index (χ2n) is 7.98. The van der Waals surface area contributed by atoms with Crippen LogP contribution in [0.4, 0.5) is 5.82 Å². The highest BCUT2D eigenvalue weighted by Gasteiger charge is 2.32. The van der Waals surface area contributed by atoms with Crippen molar-refractivity contribution in [2.75, 3.05) is 50.7 Å². The molecule has 1 aromatic carbocycles. The van der Waals surface area contributed by atoms with Crippen LogP contribution in [0, 0.1) is 6.92 Å². The van der Waals surface area contributed by atoms with Gasteiger partial charge in [0, 0.05) is 51.0 Å². The molecule has 0 spiro atoms. The van der Waals surface area contributed by atoms with Crippen LogP contribution in [0.25, 0.3) is 11.4 Å². The van der Waals surface area contributed by atoms with E-state index in [2.05, 4.69) is 20.1 Å². The number of nitrogens with one attached hydrogen (secondary N) is 1. The first-order valence-corrected chi connectivity index (χ1v) is 10.1. The summed E-state index contributed by atoms with van der Waals surface area (Å²) in [5.74, 6) is 1.64. The fourth-order valence-corrected chi connectivity index (χ4v) is 4.14. The van der Waals surface area contributed by atoms with Crippen molar-refractivity contribution in [3.8, 4) is 17.1 Å². The number of para-hydroxylation sites is 1. The van der Waals surface area contributed by atoms with Crippen LogP contribution in [0.15, 0.2) is 30.3 Å². The molecule has 7 nitrogen and oxygen atoms in total. The Morgan fingerprint density at radius 2 is 1.93 bits per heavy atom. The van der Waals surface area contributed by atoms with Gasteiger partial charge >= 0.3 is 0 Å². The van der Waals surface area contributed by atoms with Crippen LogP contribution in [0.5, 0.6) is 5.75 Å². The molecule has 1 atom stereocenters. The van der Waals surface area contributed by atoms with E-state index in [-0.39, 0.29) is 5.75 Å². The van der Waals surface area contributed by atoms with E-state index in [9.17, 15) is 10.2 Å². The van der Waals surface area contributed by atoms with E-state index in [4.69, 9.17) is 4.98 Å². The highest BCUT2D eigenvalue weighted by molar-refractivity contribution is 5.65. The van der Waals surface area contributed by atoms with Crippen LogP contribution < -0.4 is 10.2 Å². The Balaban J connectivity index is 1.44. The van der Waals surface area contributed by atoms with Crippen molar-refractivity contribution >= 4 is 5.82 Å². The number of aryl methyl sites for hydroxylation is 1. The average molecular weight is 383 g/mol. The lowest BCUT2D eigenvalue weighted by atomic mass is 9.93. The minimum atomic E-state index is -0.607. The summed E-state index contributed by atoms with van der Waals surface area (Å²) >= 11 is 0. The van der Waals surface area contributed by atoms with E-state index in [0.29, 0.717) is 17.9 Å². The summed E-state index contributed by atoms with van der Waals surface area (Å²) < 4.78 is 0. The van der Waals surface area contributed by atoms with Crippen LogP contribution in [-0.2, 0) is 0 Å². The molecular formula is C21H29N5O2. The first-order valence-electron chi connectivity index (χ1n) is 10.1. The van der Waals surface area contributed by atoms with E-state index in [1.807, 2.05) is 25.1 Å². The Hall–Kier alpha value is -2.22. The number of nitrogens with zero attached hydrogens (tertiary/aromatic N) is 4. The standard InChI is InChI=1S/C21H29N5O2/c1-16-13-19(24-20(23-16)17-5-2-3-6-18(17)27)26-11-9-25(10-12-26)15-21(28)7-4-8-22-14-21/h2-3,5-6,13,22,27-28H,4,7-12,14-15H2,1H3/t21-/m1/s1. The van der Waals surface area contributed by atoms with Crippen LogP contribution >= 0.6 is 0 Å². The molecule has 2 saturated heterocycles. The predicted octanol–water partition coefficient (Wildman–Crippen LogP) is 1.39. The smallest absolute Gasteiger partial charge is 0.165 e. The second-order valence-corrected chi connectivity index (χ2v) is 7.98. The summed E-state index contributed by atoms with van der Waals surface area (Å²) in [6.07, 6.45) is 1.90. The van der Waals surface area contributed by atoms with Gasteiger partial charge in [-0.3, -0.25) is 4.90 Å². The molecule has 2 aromatic rings. The Kier molecular flexibility index (Phi) is 5.48. The molecule has 3 N–H and O–H groups in total. The first kappa shape index (κ1) is 19.1. The predicted molar refractivity (Wildman–Crippen MR) is 110 cm³/mol. The normalized spacial score (nSPS) is 23.7. The number of aromatic hydroxyl groups is 1. The maximum atomic E-state index is 10.8. The molecule has 2 aliphatic rings. The molecule has 2 fully saturated rings. The summed E-state index contributed by atoms with van der Waals surface area (Å²) in [5.41, 5.74) is 0.926. The van der Waals surface area contributed by atoms with Gasteiger partial charge in [0.1, 0.15) is 11.6 Å².